The SMILES string of the molecule is COc1cccc(-c2cc(C(=O)Nc3cc4ccc(OC5CCC(NC(C)=O)CC5)c(C)c4oc3=O)ccc2OC)c1. The summed E-state index contributed by atoms with van der Waals surface area (Å²) in [5.41, 5.74) is 2.38. The molecule has 0 aliphatic heterocycles. The summed E-state index contributed by atoms with van der Waals surface area (Å²) in [6.45, 7) is 3.38. The van der Waals surface area contributed by atoms with Crippen LogP contribution in [0, 0.1) is 6.92 Å². The summed E-state index contributed by atoms with van der Waals surface area (Å²) in [5, 5.41) is 6.34. The van der Waals surface area contributed by atoms with Crippen molar-refractivity contribution >= 4 is 28.5 Å². The standard InChI is InChI=1S/C33H34N2O7/c1-19-29(41-25-12-10-24(11-13-25)34-20(2)36)14-8-22-18-28(33(38)42-31(19)22)35-32(37)23-9-15-30(40-4)27(17-23)21-6-5-7-26(16-21)39-3/h5-9,14-18,24-25H,10-13H2,1-4H3,(H,34,36)(H,35,37). The summed E-state index contributed by atoms with van der Waals surface area (Å²) in [5.74, 6) is 1.45. The first-order chi connectivity index (χ1) is 20.2. The summed E-state index contributed by atoms with van der Waals surface area (Å²) < 4.78 is 22.8. The fourth-order valence-corrected chi connectivity index (χ4v) is 5.37. The van der Waals surface area contributed by atoms with Crippen LogP contribution in [0.15, 0.2) is 69.9 Å². The molecule has 2 amide bonds. The van der Waals surface area contributed by atoms with Gasteiger partial charge in [0.25, 0.3) is 5.91 Å². The molecule has 1 saturated carbocycles. The van der Waals surface area contributed by atoms with Gasteiger partial charge in [-0.2, -0.15) is 0 Å². The van der Waals surface area contributed by atoms with Crippen LogP contribution < -0.4 is 30.5 Å². The van der Waals surface area contributed by atoms with Crippen molar-refractivity contribution in [3.63, 3.8) is 0 Å². The highest BCUT2D eigenvalue weighted by Crippen LogP contribution is 2.34. The van der Waals surface area contributed by atoms with Gasteiger partial charge in [0.2, 0.25) is 5.91 Å². The fraction of sp³-hybridized carbons (Fsp3) is 0.303. The average Bonchev–Trinajstić information content (AvgIpc) is 2.99. The van der Waals surface area contributed by atoms with E-state index in [2.05, 4.69) is 10.6 Å². The lowest BCUT2D eigenvalue weighted by Crippen LogP contribution is -2.38. The molecule has 9 heteroatoms. The predicted octanol–water partition coefficient (Wildman–Crippen LogP) is 5.86. The van der Waals surface area contributed by atoms with Gasteiger partial charge in [0.15, 0.2) is 0 Å². The van der Waals surface area contributed by atoms with Crippen LogP contribution in [0.25, 0.3) is 22.1 Å². The smallest absolute Gasteiger partial charge is 0.360 e. The summed E-state index contributed by atoms with van der Waals surface area (Å²) in [4.78, 5) is 37.5. The molecular weight excluding hydrogens is 536 g/mol. The van der Waals surface area contributed by atoms with Crippen LogP contribution in [0.4, 0.5) is 5.69 Å². The highest BCUT2D eigenvalue weighted by molar-refractivity contribution is 6.05. The van der Waals surface area contributed by atoms with Gasteiger partial charge in [-0.1, -0.05) is 12.1 Å². The number of ether oxygens (including phenoxy) is 3. The Hall–Kier alpha value is -4.79. The zero-order chi connectivity index (χ0) is 29.8. The zero-order valence-corrected chi connectivity index (χ0v) is 24.1. The van der Waals surface area contributed by atoms with Crippen molar-refractivity contribution in [2.45, 2.75) is 51.7 Å². The lowest BCUT2D eigenvalue weighted by molar-refractivity contribution is -0.120. The number of aryl methyl sites for hydroxylation is 1. The molecule has 0 atom stereocenters. The molecule has 1 aliphatic rings. The summed E-state index contributed by atoms with van der Waals surface area (Å²) in [6.07, 6.45) is 3.36. The van der Waals surface area contributed by atoms with Crippen molar-refractivity contribution < 1.29 is 28.2 Å². The molecule has 0 saturated heterocycles. The summed E-state index contributed by atoms with van der Waals surface area (Å²) >= 11 is 0. The first-order valence-corrected chi connectivity index (χ1v) is 13.9. The normalized spacial score (nSPS) is 16.5. The van der Waals surface area contributed by atoms with Gasteiger partial charge < -0.3 is 29.3 Å². The van der Waals surface area contributed by atoms with Crippen molar-refractivity contribution in [2.24, 2.45) is 0 Å². The third-order valence-electron chi connectivity index (χ3n) is 7.57. The molecular formula is C33H34N2O7. The highest BCUT2D eigenvalue weighted by Gasteiger charge is 2.24. The number of benzene rings is 3. The molecule has 0 unspecified atom stereocenters. The number of amides is 2. The minimum Gasteiger partial charge on any atom is -0.497 e. The quantitative estimate of drug-likeness (QED) is 0.255. The van der Waals surface area contributed by atoms with Crippen LogP contribution >= 0.6 is 0 Å². The van der Waals surface area contributed by atoms with Gasteiger partial charge in [-0.3, -0.25) is 9.59 Å². The van der Waals surface area contributed by atoms with E-state index in [9.17, 15) is 14.4 Å². The van der Waals surface area contributed by atoms with Crippen molar-refractivity contribution in [2.75, 3.05) is 19.5 Å². The number of hydrogen-bond acceptors (Lipinski definition) is 7. The lowest BCUT2D eigenvalue weighted by atomic mass is 9.93. The van der Waals surface area contributed by atoms with Gasteiger partial charge >= 0.3 is 5.63 Å². The topological polar surface area (TPSA) is 116 Å². The summed E-state index contributed by atoms with van der Waals surface area (Å²) in [6, 6.07) is 18.0. The van der Waals surface area contributed by atoms with Crippen LogP contribution in [0.1, 0.15) is 48.5 Å². The monoisotopic (exact) mass is 570 g/mol. The van der Waals surface area contributed by atoms with Crippen LogP contribution in [-0.4, -0.2) is 38.2 Å². The fourth-order valence-electron chi connectivity index (χ4n) is 5.37. The molecule has 0 spiro atoms. The average molecular weight is 571 g/mol. The van der Waals surface area contributed by atoms with Crippen molar-refractivity contribution in [1.29, 1.82) is 0 Å². The highest BCUT2D eigenvalue weighted by atomic mass is 16.5. The predicted molar refractivity (Wildman–Crippen MR) is 161 cm³/mol. The Balaban J connectivity index is 1.34. The molecule has 0 radical (unpaired) electrons. The molecule has 218 valence electrons. The minimum atomic E-state index is -0.659. The minimum absolute atomic E-state index is 0.0164. The molecule has 2 N–H and O–H groups in total. The molecule has 0 bridgehead atoms. The van der Waals surface area contributed by atoms with Crippen molar-refractivity contribution in [1.82, 2.24) is 5.32 Å². The maximum atomic E-state index is 13.2. The molecule has 3 aromatic carbocycles. The third-order valence-corrected chi connectivity index (χ3v) is 7.57. The van der Waals surface area contributed by atoms with E-state index in [4.69, 9.17) is 18.6 Å². The maximum absolute atomic E-state index is 13.2. The molecule has 4 aromatic rings. The van der Waals surface area contributed by atoms with E-state index >= 15 is 0 Å². The van der Waals surface area contributed by atoms with Crippen LogP contribution in [0.3, 0.4) is 0 Å². The second kappa shape index (κ2) is 12.4. The largest absolute Gasteiger partial charge is 0.497 e. The number of carbonyl (C=O) groups is 2. The van der Waals surface area contributed by atoms with E-state index in [-0.39, 0.29) is 23.7 Å². The van der Waals surface area contributed by atoms with E-state index in [0.29, 0.717) is 44.9 Å². The Morgan fingerprint density at radius 1 is 0.905 bits per heavy atom. The van der Waals surface area contributed by atoms with Crippen LogP contribution in [0.2, 0.25) is 0 Å². The molecule has 1 aliphatic carbocycles. The molecule has 9 nitrogen and oxygen atoms in total. The number of methoxy groups -OCH3 is 2. The van der Waals surface area contributed by atoms with Crippen molar-refractivity contribution in [3.05, 3.63) is 82.2 Å². The van der Waals surface area contributed by atoms with Gasteiger partial charge in [-0.15, -0.1) is 0 Å². The molecule has 42 heavy (non-hydrogen) atoms. The van der Waals surface area contributed by atoms with Gasteiger partial charge in [-0.05, 0) is 86.7 Å². The first-order valence-electron chi connectivity index (χ1n) is 13.9. The van der Waals surface area contributed by atoms with Gasteiger partial charge in [0.1, 0.15) is 28.5 Å². The number of anilines is 1. The Labute approximate surface area is 243 Å². The van der Waals surface area contributed by atoms with E-state index in [1.807, 2.05) is 43.3 Å². The molecule has 5 rings (SSSR count). The number of hydrogen-bond donors (Lipinski definition) is 2. The Morgan fingerprint density at radius 2 is 1.67 bits per heavy atom. The Bertz CT molecular complexity index is 1690. The van der Waals surface area contributed by atoms with Gasteiger partial charge in [-0.25, -0.2) is 4.79 Å². The van der Waals surface area contributed by atoms with Gasteiger partial charge in [0.05, 0.1) is 20.3 Å². The Morgan fingerprint density at radius 3 is 2.38 bits per heavy atom. The third kappa shape index (κ3) is 6.25. The second-order valence-electron chi connectivity index (χ2n) is 10.4. The second-order valence-corrected chi connectivity index (χ2v) is 10.4. The van der Waals surface area contributed by atoms with E-state index in [0.717, 1.165) is 31.2 Å². The number of carbonyl (C=O) groups excluding carboxylic acids is 2. The lowest BCUT2D eigenvalue weighted by Gasteiger charge is -2.29. The molecule has 1 aromatic heterocycles. The number of nitrogens with one attached hydrogen (secondary N) is 2. The number of fused-ring (bicyclic) bond motifs is 1. The van der Waals surface area contributed by atoms with E-state index < -0.39 is 11.5 Å². The van der Waals surface area contributed by atoms with Gasteiger partial charge in [0, 0.05) is 35.0 Å². The number of rotatable bonds is 8. The maximum Gasteiger partial charge on any atom is 0.360 e. The van der Waals surface area contributed by atoms with Crippen LogP contribution in [0.5, 0.6) is 17.2 Å². The molecule has 1 heterocycles. The van der Waals surface area contributed by atoms with Crippen molar-refractivity contribution in [3.8, 4) is 28.4 Å². The van der Waals surface area contributed by atoms with Crippen LogP contribution in [-0.2, 0) is 4.79 Å². The summed E-state index contributed by atoms with van der Waals surface area (Å²) in [7, 11) is 3.16. The first kappa shape index (κ1) is 28.7. The van der Waals surface area contributed by atoms with E-state index in [1.165, 1.54) is 6.92 Å². The van der Waals surface area contributed by atoms with E-state index in [1.54, 1.807) is 38.5 Å². The Kier molecular flexibility index (Phi) is 8.47. The zero-order valence-electron chi connectivity index (χ0n) is 24.1. The molecule has 1 fully saturated rings.